The Balaban J connectivity index is 5.16. The molecule has 0 aromatic heterocycles. The van der Waals surface area contributed by atoms with Crippen LogP contribution in [0.4, 0.5) is 0 Å². The number of hydrogen-bond donors (Lipinski definition) is 2. The first-order valence-electron chi connectivity index (χ1n) is 5.29. The maximum Gasteiger partial charge on any atom is 0.139 e. The van der Waals surface area contributed by atoms with Crippen LogP contribution in [0.5, 0.6) is 0 Å². The Kier molecular flexibility index (Phi) is 5.75. The molecule has 0 fully saturated rings. The maximum atomic E-state index is 11.5. The normalized spacial score (nSPS) is 15.4. The monoisotopic (exact) mass is 222 g/mol. The third-order valence-corrected chi connectivity index (χ3v) is 2.55. The van der Waals surface area contributed by atoms with Gasteiger partial charge in [-0.1, -0.05) is 30.4 Å². The summed E-state index contributed by atoms with van der Waals surface area (Å²) in [6, 6.07) is 0. The molecule has 0 unspecified atom stereocenters. The summed E-state index contributed by atoms with van der Waals surface area (Å²) in [6.07, 6.45) is 1.93. The Bertz CT molecular complexity index is 315. The molecule has 0 aliphatic rings. The van der Waals surface area contributed by atoms with Crippen molar-refractivity contribution < 1.29 is 4.79 Å². The van der Waals surface area contributed by atoms with Crippen molar-refractivity contribution >= 4 is 5.78 Å². The van der Waals surface area contributed by atoms with Gasteiger partial charge < -0.3 is 11.5 Å². The number of Topliss-reactive ketones (excluding diaryl/α,β-unsaturated/α-hetero) is 1. The van der Waals surface area contributed by atoms with Crippen molar-refractivity contribution in [2.24, 2.45) is 23.3 Å². The molecule has 0 radical (unpaired) electrons. The van der Waals surface area contributed by atoms with Gasteiger partial charge in [-0.2, -0.15) is 0 Å². The molecule has 0 spiro atoms. The van der Waals surface area contributed by atoms with E-state index in [0.717, 1.165) is 11.1 Å². The van der Waals surface area contributed by atoms with Crippen molar-refractivity contribution in [2.75, 3.05) is 6.54 Å². The summed E-state index contributed by atoms with van der Waals surface area (Å²) in [7, 11) is 0. The minimum Gasteiger partial charge on any atom is -0.402 e. The fourth-order valence-corrected chi connectivity index (χ4v) is 1.88. The van der Waals surface area contributed by atoms with Crippen LogP contribution >= 0.6 is 0 Å². The predicted octanol–water partition coefficient (Wildman–Crippen LogP) is 1.76. The highest BCUT2D eigenvalue weighted by atomic mass is 16.1. The molecule has 4 N–H and O–H groups in total. The number of carbonyl (C=O) groups is 1. The third kappa shape index (κ3) is 4.03. The van der Waals surface area contributed by atoms with E-state index in [1.54, 1.807) is 0 Å². The van der Waals surface area contributed by atoms with Gasteiger partial charge in [-0.25, -0.2) is 0 Å². The molecule has 2 atom stereocenters. The summed E-state index contributed by atoms with van der Waals surface area (Å²) in [4.78, 5) is 11.5. The predicted molar refractivity (Wildman–Crippen MR) is 68.6 cm³/mol. The van der Waals surface area contributed by atoms with E-state index in [9.17, 15) is 4.79 Å². The first-order valence-corrected chi connectivity index (χ1v) is 5.29. The summed E-state index contributed by atoms with van der Waals surface area (Å²) in [5.41, 5.74) is 13.7. The first-order chi connectivity index (χ1) is 7.31. The van der Waals surface area contributed by atoms with E-state index >= 15 is 0 Å². The highest BCUT2D eigenvalue weighted by Crippen LogP contribution is 2.25. The van der Waals surface area contributed by atoms with Gasteiger partial charge in [0.25, 0.3) is 0 Å². The van der Waals surface area contributed by atoms with Gasteiger partial charge in [0.1, 0.15) is 5.78 Å². The van der Waals surface area contributed by atoms with Crippen molar-refractivity contribution in [1.82, 2.24) is 0 Å². The molecule has 0 rings (SSSR count). The highest BCUT2D eigenvalue weighted by molar-refractivity contribution is 5.81. The molecule has 0 aromatic carbocycles. The molecule has 0 bridgehead atoms. The van der Waals surface area contributed by atoms with Crippen molar-refractivity contribution in [3.8, 4) is 0 Å². The Morgan fingerprint density at radius 2 is 1.81 bits per heavy atom. The van der Waals surface area contributed by atoms with Crippen LogP contribution < -0.4 is 11.5 Å². The Morgan fingerprint density at radius 1 is 1.31 bits per heavy atom. The zero-order valence-electron chi connectivity index (χ0n) is 10.4. The lowest BCUT2D eigenvalue weighted by molar-refractivity contribution is -0.120. The minimum absolute atomic E-state index is 0.00239. The van der Waals surface area contributed by atoms with E-state index in [4.69, 9.17) is 11.5 Å². The lowest BCUT2D eigenvalue weighted by Gasteiger charge is -2.25. The summed E-state index contributed by atoms with van der Waals surface area (Å²) in [5.74, 6) is -0.496. The molecule has 0 aliphatic heterocycles. The molecule has 16 heavy (non-hydrogen) atoms. The zero-order valence-corrected chi connectivity index (χ0v) is 10.4. The molecule has 0 amide bonds. The van der Waals surface area contributed by atoms with Crippen LogP contribution in [0.1, 0.15) is 20.8 Å². The van der Waals surface area contributed by atoms with Crippen LogP contribution in [0.2, 0.25) is 0 Å². The summed E-state index contributed by atoms with van der Waals surface area (Å²) in [6.45, 7) is 13.2. The first kappa shape index (κ1) is 14.6. The molecule has 0 heterocycles. The summed E-state index contributed by atoms with van der Waals surface area (Å²) < 4.78 is 0. The molecule has 0 saturated heterocycles. The van der Waals surface area contributed by atoms with Crippen LogP contribution in [0.25, 0.3) is 0 Å². The second kappa shape index (κ2) is 6.28. The fraction of sp³-hybridized carbons (Fsp3) is 0.462. The Morgan fingerprint density at radius 3 is 2.06 bits per heavy atom. The highest BCUT2D eigenvalue weighted by Gasteiger charge is 2.27. The van der Waals surface area contributed by atoms with Crippen molar-refractivity contribution in [1.29, 1.82) is 0 Å². The smallest absolute Gasteiger partial charge is 0.139 e. The largest absolute Gasteiger partial charge is 0.402 e. The van der Waals surface area contributed by atoms with Crippen molar-refractivity contribution in [3.63, 3.8) is 0 Å². The second-order valence-corrected chi connectivity index (χ2v) is 4.24. The average molecular weight is 222 g/mol. The Hall–Kier alpha value is -1.35. The van der Waals surface area contributed by atoms with Crippen LogP contribution in [-0.2, 0) is 4.79 Å². The maximum absolute atomic E-state index is 11.5. The summed E-state index contributed by atoms with van der Waals surface area (Å²) >= 11 is 0. The van der Waals surface area contributed by atoms with E-state index in [1.807, 2.05) is 19.9 Å². The van der Waals surface area contributed by atoms with Crippen LogP contribution in [0.3, 0.4) is 0 Å². The topological polar surface area (TPSA) is 69.1 Å². The van der Waals surface area contributed by atoms with Gasteiger partial charge in [-0.15, -0.1) is 0 Å². The van der Waals surface area contributed by atoms with Crippen LogP contribution in [0, 0.1) is 11.8 Å². The molecule has 0 aromatic rings. The van der Waals surface area contributed by atoms with E-state index in [-0.39, 0.29) is 11.7 Å². The van der Waals surface area contributed by atoms with Gasteiger partial charge in [0, 0.05) is 11.6 Å². The minimum atomic E-state index is -0.402. The van der Waals surface area contributed by atoms with Crippen molar-refractivity contribution in [3.05, 3.63) is 36.1 Å². The molecule has 0 aliphatic carbocycles. The van der Waals surface area contributed by atoms with E-state index in [1.165, 1.54) is 6.92 Å². The molecule has 90 valence electrons. The lowest BCUT2D eigenvalue weighted by Crippen LogP contribution is -2.33. The zero-order chi connectivity index (χ0) is 12.9. The van der Waals surface area contributed by atoms with Gasteiger partial charge >= 0.3 is 0 Å². The summed E-state index contributed by atoms with van der Waals surface area (Å²) in [5, 5.41) is 0. The number of nitrogens with two attached hydrogens (primary N) is 2. The van der Waals surface area contributed by atoms with Crippen molar-refractivity contribution in [2.45, 2.75) is 20.8 Å². The van der Waals surface area contributed by atoms with Crippen LogP contribution in [-0.4, -0.2) is 12.3 Å². The Labute approximate surface area is 97.9 Å². The molecule has 3 nitrogen and oxygen atoms in total. The second-order valence-electron chi connectivity index (χ2n) is 4.24. The van der Waals surface area contributed by atoms with Gasteiger partial charge in [0.05, 0.1) is 5.92 Å². The third-order valence-electron chi connectivity index (χ3n) is 2.55. The fourth-order valence-electron chi connectivity index (χ4n) is 1.88. The quantitative estimate of drug-likeness (QED) is 0.673. The molecule has 0 saturated carbocycles. The number of carbonyl (C=O) groups excluding carboxylic acids is 1. The van der Waals surface area contributed by atoms with Crippen LogP contribution in [0.15, 0.2) is 36.1 Å². The standard InChI is InChI=1S/C13H22N2O/c1-8(2)6-9(3)12(7-14)13(10(4)15)11(5)16/h6,12-13H,1,4,7,14-15H2,2-3,5H3/b9-6+/t12-,13+/m1/s1. The number of rotatable bonds is 6. The average Bonchev–Trinajstić information content (AvgIpc) is 2.10. The molecular formula is C13H22N2O. The SMILES string of the molecule is C=C(C)/C=C(\C)[C@@H](CN)[C@@H](C(=C)N)C(C)=O. The number of ketones is 1. The van der Waals surface area contributed by atoms with E-state index in [0.29, 0.717) is 12.2 Å². The van der Waals surface area contributed by atoms with Gasteiger partial charge in [0.15, 0.2) is 0 Å². The van der Waals surface area contributed by atoms with Gasteiger partial charge in [-0.3, -0.25) is 4.79 Å². The van der Waals surface area contributed by atoms with E-state index in [2.05, 4.69) is 13.2 Å². The van der Waals surface area contributed by atoms with E-state index < -0.39 is 5.92 Å². The number of allylic oxidation sites excluding steroid dienone is 3. The van der Waals surface area contributed by atoms with Gasteiger partial charge in [0.2, 0.25) is 0 Å². The molecular weight excluding hydrogens is 200 g/mol. The molecule has 3 heteroatoms. The number of hydrogen-bond acceptors (Lipinski definition) is 3. The lowest BCUT2D eigenvalue weighted by atomic mass is 9.81. The van der Waals surface area contributed by atoms with Gasteiger partial charge in [-0.05, 0) is 27.3 Å².